The topological polar surface area (TPSA) is 52.6 Å². The molecule has 0 amide bonds. The molecule has 4 nitrogen and oxygen atoms in total. The fraction of sp³-hybridized carbons (Fsp3) is 0.667. The van der Waals surface area contributed by atoms with E-state index in [0.29, 0.717) is 0 Å². The zero-order valence-corrected chi connectivity index (χ0v) is 7.05. The van der Waals surface area contributed by atoms with Crippen molar-refractivity contribution in [2.45, 2.75) is 0 Å². The molecule has 0 saturated carbocycles. The van der Waals surface area contributed by atoms with Gasteiger partial charge in [0.25, 0.3) is 0 Å². The minimum atomic E-state index is -1.01. The highest BCUT2D eigenvalue weighted by Crippen LogP contribution is 2.04. The molecule has 0 radical (unpaired) electrons. The van der Waals surface area contributed by atoms with Crippen molar-refractivity contribution >= 4 is 23.5 Å². The third-order valence-corrected chi connectivity index (χ3v) is 1.43. The van der Waals surface area contributed by atoms with Crippen LogP contribution in [-0.4, -0.2) is 32.0 Å². The first-order valence-corrected chi connectivity index (χ1v) is 3.42. The first kappa shape index (κ1) is 10.2. The number of carbonyl (C=O) groups excluding carboxylic acids is 2. The second-order valence-corrected chi connectivity index (χ2v) is 2.06. The van der Waals surface area contributed by atoms with Crippen molar-refractivity contribution in [3.63, 3.8) is 0 Å². The quantitative estimate of drug-likeness (QED) is 0.354. The number of esters is 2. The van der Waals surface area contributed by atoms with E-state index >= 15 is 0 Å². The van der Waals surface area contributed by atoms with Crippen molar-refractivity contribution in [2.75, 3.05) is 20.1 Å². The van der Waals surface area contributed by atoms with Gasteiger partial charge in [-0.05, 0) is 0 Å². The molecule has 0 rings (SSSR count). The average molecular weight is 181 g/mol. The number of methoxy groups -OCH3 is 2. The number of alkyl halides is 1. The van der Waals surface area contributed by atoms with Crippen LogP contribution in [0.15, 0.2) is 0 Å². The molecule has 0 unspecified atom stereocenters. The highest BCUT2D eigenvalue weighted by Gasteiger charge is 2.27. The minimum Gasteiger partial charge on any atom is -0.468 e. The van der Waals surface area contributed by atoms with Crippen LogP contribution < -0.4 is 0 Å². The molecule has 64 valence electrons. The molecule has 0 aromatic carbocycles. The van der Waals surface area contributed by atoms with Gasteiger partial charge in [-0.3, -0.25) is 9.59 Å². The molecule has 0 aliphatic rings. The molecular weight excluding hydrogens is 172 g/mol. The van der Waals surface area contributed by atoms with E-state index in [1.165, 1.54) is 14.2 Å². The number of hydrogen-bond donors (Lipinski definition) is 0. The zero-order chi connectivity index (χ0) is 8.85. The van der Waals surface area contributed by atoms with Gasteiger partial charge in [-0.25, -0.2) is 0 Å². The van der Waals surface area contributed by atoms with E-state index in [9.17, 15) is 9.59 Å². The van der Waals surface area contributed by atoms with E-state index in [-0.39, 0.29) is 5.88 Å². The van der Waals surface area contributed by atoms with Gasteiger partial charge in [-0.2, -0.15) is 0 Å². The number of hydrogen-bond acceptors (Lipinski definition) is 4. The maximum Gasteiger partial charge on any atom is 0.321 e. The van der Waals surface area contributed by atoms with Crippen molar-refractivity contribution in [2.24, 2.45) is 5.92 Å². The molecule has 0 aromatic heterocycles. The lowest BCUT2D eigenvalue weighted by Crippen LogP contribution is -2.27. The molecule has 0 aliphatic carbocycles. The molecule has 11 heavy (non-hydrogen) atoms. The summed E-state index contributed by atoms with van der Waals surface area (Å²) in [6.07, 6.45) is 0. The van der Waals surface area contributed by atoms with E-state index in [0.717, 1.165) is 0 Å². The highest BCUT2D eigenvalue weighted by atomic mass is 35.5. The number of rotatable bonds is 3. The van der Waals surface area contributed by atoms with Crippen LogP contribution in [0.3, 0.4) is 0 Å². The normalized spacial score (nSPS) is 9.45. The smallest absolute Gasteiger partial charge is 0.321 e. The van der Waals surface area contributed by atoms with Crippen LogP contribution in [0.4, 0.5) is 0 Å². The van der Waals surface area contributed by atoms with Crippen LogP contribution in [0, 0.1) is 5.92 Å². The maximum absolute atomic E-state index is 10.7. The Morgan fingerprint density at radius 2 is 1.64 bits per heavy atom. The Hall–Kier alpha value is -0.770. The summed E-state index contributed by atoms with van der Waals surface area (Å²) in [7, 11) is 2.37. The lowest BCUT2D eigenvalue weighted by molar-refractivity contribution is -0.157. The summed E-state index contributed by atoms with van der Waals surface area (Å²) in [5, 5.41) is 0. The highest BCUT2D eigenvalue weighted by molar-refractivity contribution is 6.21. The van der Waals surface area contributed by atoms with Gasteiger partial charge in [-0.15, -0.1) is 11.6 Å². The van der Waals surface area contributed by atoms with Crippen LogP contribution in [0.1, 0.15) is 0 Å². The average Bonchev–Trinajstić information content (AvgIpc) is 2.05. The van der Waals surface area contributed by atoms with Crippen LogP contribution in [0.5, 0.6) is 0 Å². The van der Waals surface area contributed by atoms with Gasteiger partial charge in [-0.1, -0.05) is 0 Å². The van der Waals surface area contributed by atoms with E-state index in [2.05, 4.69) is 9.47 Å². The predicted molar refractivity (Wildman–Crippen MR) is 38.2 cm³/mol. The Morgan fingerprint density at radius 1 is 1.27 bits per heavy atom. The molecule has 0 bridgehead atoms. The zero-order valence-electron chi connectivity index (χ0n) is 6.30. The van der Waals surface area contributed by atoms with Crippen molar-refractivity contribution < 1.29 is 19.1 Å². The van der Waals surface area contributed by atoms with Gasteiger partial charge in [0, 0.05) is 5.88 Å². The van der Waals surface area contributed by atoms with Gasteiger partial charge in [0.2, 0.25) is 0 Å². The summed E-state index contributed by atoms with van der Waals surface area (Å²) >= 11 is 5.31. The SMILES string of the molecule is COC(=O)C(CCl)C(=O)OC. The lowest BCUT2D eigenvalue weighted by Gasteiger charge is -2.07. The number of ether oxygens (including phenoxy) is 2. The van der Waals surface area contributed by atoms with E-state index in [4.69, 9.17) is 11.6 Å². The van der Waals surface area contributed by atoms with Crippen molar-refractivity contribution in [1.82, 2.24) is 0 Å². The van der Waals surface area contributed by atoms with Gasteiger partial charge in [0.15, 0.2) is 5.92 Å². The molecule has 0 aliphatic heterocycles. The van der Waals surface area contributed by atoms with Crippen molar-refractivity contribution in [1.29, 1.82) is 0 Å². The molecule has 0 atom stereocenters. The van der Waals surface area contributed by atoms with Gasteiger partial charge in [0.1, 0.15) is 0 Å². The standard InChI is InChI=1S/C6H9ClO4/c1-10-5(8)4(3-7)6(9)11-2/h4H,3H2,1-2H3. The number of halogens is 1. The monoisotopic (exact) mass is 180 g/mol. The van der Waals surface area contributed by atoms with E-state index in [1.54, 1.807) is 0 Å². The van der Waals surface area contributed by atoms with Gasteiger partial charge in [0.05, 0.1) is 14.2 Å². The van der Waals surface area contributed by atoms with Crippen LogP contribution >= 0.6 is 11.6 Å². The largest absolute Gasteiger partial charge is 0.468 e. The fourth-order valence-corrected chi connectivity index (χ4v) is 0.759. The third-order valence-electron chi connectivity index (χ3n) is 1.13. The van der Waals surface area contributed by atoms with Gasteiger partial charge < -0.3 is 9.47 Å². The molecular formula is C6H9ClO4. The second-order valence-electron chi connectivity index (χ2n) is 1.75. The molecule has 0 heterocycles. The molecule has 0 aromatic rings. The summed E-state index contributed by atoms with van der Waals surface area (Å²) in [5.74, 6) is -2.48. The third kappa shape index (κ3) is 2.76. The molecule has 5 heteroatoms. The Kier molecular flexibility index (Phi) is 4.61. The number of carbonyl (C=O) groups is 2. The van der Waals surface area contributed by atoms with Crippen LogP contribution in [0.25, 0.3) is 0 Å². The predicted octanol–water partition coefficient (Wildman–Crippen LogP) is 0.187. The summed E-state index contributed by atoms with van der Waals surface area (Å²) in [6.45, 7) is 0. The Bertz CT molecular complexity index is 141. The molecule has 0 N–H and O–H groups in total. The Morgan fingerprint density at radius 3 is 1.82 bits per heavy atom. The van der Waals surface area contributed by atoms with E-state index in [1.807, 2.05) is 0 Å². The Labute approximate surface area is 69.4 Å². The summed E-state index contributed by atoms with van der Waals surface area (Å²) < 4.78 is 8.60. The molecule has 0 saturated heterocycles. The van der Waals surface area contributed by atoms with Crippen molar-refractivity contribution in [3.05, 3.63) is 0 Å². The summed E-state index contributed by atoms with van der Waals surface area (Å²) in [5.41, 5.74) is 0. The first-order chi connectivity index (χ1) is 5.17. The lowest BCUT2D eigenvalue weighted by atomic mass is 10.2. The maximum atomic E-state index is 10.7. The molecule has 0 spiro atoms. The van der Waals surface area contributed by atoms with Gasteiger partial charge >= 0.3 is 11.9 Å². The summed E-state index contributed by atoms with van der Waals surface area (Å²) in [4.78, 5) is 21.5. The fourth-order valence-electron chi connectivity index (χ4n) is 0.507. The molecule has 0 fully saturated rings. The summed E-state index contributed by atoms with van der Waals surface area (Å²) in [6, 6.07) is 0. The first-order valence-electron chi connectivity index (χ1n) is 2.89. The van der Waals surface area contributed by atoms with Crippen molar-refractivity contribution in [3.8, 4) is 0 Å². The van der Waals surface area contributed by atoms with Crippen LogP contribution in [-0.2, 0) is 19.1 Å². The minimum absolute atomic E-state index is 0.126. The Balaban J connectivity index is 4.15. The van der Waals surface area contributed by atoms with Crippen LogP contribution in [0.2, 0.25) is 0 Å². The second kappa shape index (κ2) is 4.96. The van der Waals surface area contributed by atoms with E-state index < -0.39 is 17.9 Å².